The first-order valence-corrected chi connectivity index (χ1v) is 8.84. The molecule has 0 unspecified atom stereocenters. The van der Waals surface area contributed by atoms with Crippen LogP contribution >= 0.6 is 0 Å². The minimum Gasteiger partial charge on any atom is -0.481 e. The van der Waals surface area contributed by atoms with Gasteiger partial charge < -0.3 is 20.6 Å². The van der Waals surface area contributed by atoms with Crippen LogP contribution in [0, 0.1) is 5.41 Å². The third-order valence-electron chi connectivity index (χ3n) is 5.12. The number of hydrogen-bond donors (Lipinski definition) is 6. The molecule has 2 rings (SSSR count). The van der Waals surface area contributed by atoms with E-state index in [1.54, 1.807) is 0 Å². The SMILES string of the molecule is O=C(O)CC1(CC(=O)N[C@@H](CO)[C@@H](O)c2ccc(N(O)O)cc2)CCCC1. The summed E-state index contributed by atoms with van der Waals surface area (Å²) in [5, 5.41) is 49.5. The molecule has 0 aliphatic heterocycles. The topological polar surface area (TPSA) is 151 Å². The second kappa shape index (κ2) is 9.14. The quantitative estimate of drug-likeness (QED) is 0.349. The van der Waals surface area contributed by atoms with Gasteiger partial charge in [-0.1, -0.05) is 25.0 Å². The van der Waals surface area contributed by atoms with Gasteiger partial charge in [0.25, 0.3) is 0 Å². The molecule has 1 aliphatic rings. The Morgan fingerprint density at radius 3 is 2.19 bits per heavy atom. The third kappa shape index (κ3) is 5.64. The second-order valence-corrected chi connectivity index (χ2v) is 7.14. The number of carbonyl (C=O) groups is 2. The van der Waals surface area contributed by atoms with Crippen molar-refractivity contribution in [1.29, 1.82) is 0 Å². The maximum absolute atomic E-state index is 12.4. The fraction of sp³-hybridized carbons (Fsp3) is 0.556. The van der Waals surface area contributed by atoms with Crippen LogP contribution in [0.3, 0.4) is 0 Å². The number of amides is 1. The zero-order valence-corrected chi connectivity index (χ0v) is 14.9. The predicted octanol–water partition coefficient (Wildman–Crippen LogP) is 1.21. The Hall–Kier alpha value is -2.20. The summed E-state index contributed by atoms with van der Waals surface area (Å²) in [5.74, 6) is -1.35. The smallest absolute Gasteiger partial charge is 0.303 e. The highest BCUT2D eigenvalue weighted by molar-refractivity contribution is 5.78. The van der Waals surface area contributed by atoms with Crippen LogP contribution < -0.4 is 10.5 Å². The van der Waals surface area contributed by atoms with E-state index in [0.717, 1.165) is 12.8 Å². The molecule has 0 radical (unpaired) electrons. The Kier molecular flexibility index (Phi) is 7.14. The maximum Gasteiger partial charge on any atom is 0.303 e. The number of aliphatic carboxylic acids is 1. The van der Waals surface area contributed by atoms with Crippen LogP contribution in [-0.4, -0.2) is 50.3 Å². The molecule has 1 aliphatic carbocycles. The first kappa shape index (κ1) is 21.1. The van der Waals surface area contributed by atoms with Crippen LogP contribution in [0.5, 0.6) is 0 Å². The monoisotopic (exact) mass is 382 g/mol. The average Bonchev–Trinajstić information content (AvgIpc) is 3.06. The van der Waals surface area contributed by atoms with Crippen molar-refractivity contribution in [2.75, 3.05) is 11.8 Å². The summed E-state index contributed by atoms with van der Waals surface area (Å²) in [5.41, 5.74) is -0.109. The number of carboxylic acids is 1. The molecule has 150 valence electrons. The summed E-state index contributed by atoms with van der Waals surface area (Å²) in [6.07, 6.45) is 1.84. The summed E-state index contributed by atoms with van der Waals surface area (Å²) in [4.78, 5) is 23.6. The lowest BCUT2D eigenvalue weighted by molar-refractivity contribution is -0.140. The van der Waals surface area contributed by atoms with E-state index in [4.69, 9.17) is 15.5 Å². The summed E-state index contributed by atoms with van der Waals surface area (Å²) in [6.45, 7) is -0.507. The number of aliphatic hydroxyl groups is 2. The summed E-state index contributed by atoms with van der Waals surface area (Å²) >= 11 is 0. The van der Waals surface area contributed by atoms with E-state index in [0.29, 0.717) is 18.4 Å². The standard InChI is InChI=1S/C18H26N2O7/c21-11-14(17(25)12-3-5-13(6-4-12)20(26)27)19-15(22)9-18(10-16(23)24)7-1-2-8-18/h3-6,14,17,21,25-27H,1-2,7-11H2,(H,19,22)(H,23,24)/t14-,17-/m0/s1. The minimum atomic E-state index is -1.21. The van der Waals surface area contributed by atoms with Crippen LogP contribution in [0.25, 0.3) is 0 Å². The summed E-state index contributed by atoms with van der Waals surface area (Å²) in [7, 11) is 0. The van der Waals surface area contributed by atoms with Crippen molar-refractivity contribution >= 4 is 17.6 Å². The Morgan fingerprint density at radius 1 is 1.11 bits per heavy atom. The fourth-order valence-corrected chi connectivity index (χ4v) is 3.72. The minimum absolute atomic E-state index is 0.0332. The number of hydrogen-bond acceptors (Lipinski definition) is 7. The molecule has 0 saturated heterocycles. The van der Waals surface area contributed by atoms with E-state index in [1.165, 1.54) is 24.3 Å². The van der Waals surface area contributed by atoms with Gasteiger partial charge >= 0.3 is 5.97 Å². The molecule has 0 heterocycles. The molecule has 9 heteroatoms. The van der Waals surface area contributed by atoms with Crippen molar-refractivity contribution in [2.24, 2.45) is 5.41 Å². The van der Waals surface area contributed by atoms with Crippen molar-refractivity contribution in [1.82, 2.24) is 5.32 Å². The highest BCUT2D eigenvalue weighted by Gasteiger charge is 2.38. The normalized spacial score (nSPS) is 17.9. The van der Waals surface area contributed by atoms with Crippen molar-refractivity contribution in [3.63, 3.8) is 0 Å². The number of nitrogens with one attached hydrogen (secondary N) is 1. The van der Waals surface area contributed by atoms with Gasteiger partial charge in [0.05, 0.1) is 24.8 Å². The molecular formula is C18H26N2O7. The Morgan fingerprint density at radius 2 is 1.70 bits per heavy atom. The molecule has 1 aromatic rings. The fourth-order valence-electron chi connectivity index (χ4n) is 3.72. The van der Waals surface area contributed by atoms with Gasteiger partial charge in [0.15, 0.2) is 0 Å². The van der Waals surface area contributed by atoms with E-state index in [2.05, 4.69) is 5.32 Å². The van der Waals surface area contributed by atoms with Gasteiger partial charge in [0.2, 0.25) is 5.91 Å². The highest BCUT2D eigenvalue weighted by atomic mass is 16.8. The van der Waals surface area contributed by atoms with E-state index in [9.17, 15) is 19.8 Å². The molecule has 0 spiro atoms. The predicted molar refractivity (Wildman–Crippen MR) is 94.2 cm³/mol. The first-order chi connectivity index (χ1) is 12.8. The van der Waals surface area contributed by atoms with Gasteiger partial charge in [-0.3, -0.25) is 20.0 Å². The molecule has 1 aromatic carbocycles. The third-order valence-corrected chi connectivity index (χ3v) is 5.12. The number of carboxylic acid groups (broad SMARTS) is 1. The van der Waals surface area contributed by atoms with Crippen LogP contribution in [0.4, 0.5) is 5.69 Å². The van der Waals surface area contributed by atoms with E-state index >= 15 is 0 Å². The lowest BCUT2D eigenvalue weighted by atomic mass is 9.79. The number of rotatable bonds is 9. The summed E-state index contributed by atoms with van der Waals surface area (Å²) in [6, 6.07) is 4.63. The van der Waals surface area contributed by atoms with Crippen LogP contribution in [0.15, 0.2) is 24.3 Å². The second-order valence-electron chi connectivity index (χ2n) is 7.14. The first-order valence-electron chi connectivity index (χ1n) is 8.84. The lowest BCUT2D eigenvalue weighted by Gasteiger charge is -2.29. The lowest BCUT2D eigenvalue weighted by Crippen LogP contribution is -2.43. The molecule has 6 N–H and O–H groups in total. The van der Waals surface area contributed by atoms with E-state index < -0.39 is 36.0 Å². The number of carbonyl (C=O) groups excluding carboxylic acids is 1. The number of aliphatic hydroxyl groups excluding tert-OH is 2. The van der Waals surface area contributed by atoms with Gasteiger partial charge in [-0.15, -0.1) is 5.23 Å². The Balaban J connectivity index is 2.02. The van der Waals surface area contributed by atoms with Crippen molar-refractivity contribution < 1.29 is 35.3 Å². The molecule has 27 heavy (non-hydrogen) atoms. The van der Waals surface area contributed by atoms with Crippen LogP contribution in [0.1, 0.15) is 50.2 Å². The number of anilines is 1. The van der Waals surface area contributed by atoms with Gasteiger partial charge in [-0.25, -0.2) is 0 Å². The van der Waals surface area contributed by atoms with Gasteiger partial charge in [-0.05, 0) is 36.0 Å². The molecular weight excluding hydrogens is 356 g/mol. The van der Waals surface area contributed by atoms with Gasteiger partial charge in [0.1, 0.15) is 6.10 Å². The molecule has 0 bridgehead atoms. The maximum atomic E-state index is 12.4. The Labute approximate surface area is 156 Å². The highest BCUT2D eigenvalue weighted by Crippen LogP contribution is 2.44. The molecule has 0 aromatic heterocycles. The zero-order chi connectivity index (χ0) is 20.0. The molecule has 1 fully saturated rings. The van der Waals surface area contributed by atoms with E-state index in [1.807, 2.05) is 0 Å². The van der Waals surface area contributed by atoms with Crippen LogP contribution in [-0.2, 0) is 9.59 Å². The summed E-state index contributed by atoms with van der Waals surface area (Å²) < 4.78 is 0. The van der Waals surface area contributed by atoms with Crippen molar-refractivity contribution in [3.05, 3.63) is 29.8 Å². The van der Waals surface area contributed by atoms with Crippen molar-refractivity contribution in [2.45, 2.75) is 50.7 Å². The molecule has 1 amide bonds. The number of nitrogens with zero attached hydrogens (tertiary/aromatic N) is 1. The number of benzene rings is 1. The Bertz CT molecular complexity index is 642. The molecule has 2 atom stereocenters. The average molecular weight is 382 g/mol. The largest absolute Gasteiger partial charge is 0.481 e. The van der Waals surface area contributed by atoms with Gasteiger partial charge in [0, 0.05) is 6.42 Å². The van der Waals surface area contributed by atoms with Gasteiger partial charge in [-0.2, -0.15) is 0 Å². The van der Waals surface area contributed by atoms with E-state index in [-0.39, 0.29) is 23.8 Å². The molecule has 9 nitrogen and oxygen atoms in total. The van der Waals surface area contributed by atoms with Crippen LogP contribution in [0.2, 0.25) is 0 Å². The molecule has 1 saturated carbocycles. The zero-order valence-electron chi connectivity index (χ0n) is 14.9. The van der Waals surface area contributed by atoms with Crippen molar-refractivity contribution in [3.8, 4) is 0 Å².